The molecule has 1 aromatic heterocycles. The van der Waals surface area contributed by atoms with Gasteiger partial charge in [-0.3, -0.25) is 4.79 Å². The molecule has 0 aromatic carbocycles. The highest BCUT2D eigenvalue weighted by Crippen LogP contribution is 2.15. The largest absolute Gasteiger partial charge is 0.392 e. The van der Waals surface area contributed by atoms with Crippen molar-refractivity contribution in [2.75, 3.05) is 0 Å². The maximum atomic E-state index is 11.9. The molecule has 3 N–H and O–H groups in total. The normalized spacial score (nSPS) is 11.2. The van der Waals surface area contributed by atoms with Gasteiger partial charge in [-0.1, -0.05) is 12.2 Å². The van der Waals surface area contributed by atoms with Crippen LogP contribution in [-0.4, -0.2) is 25.7 Å². The Morgan fingerprint density at radius 3 is 2.82 bits per heavy atom. The lowest BCUT2D eigenvalue weighted by molar-refractivity contribution is -0.126. The molecule has 0 aliphatic heterocycles. The summed E-state index contributed by atoms with van der Waals surface area (Å²) in [5.41, 5.74) is 4.66. The van der Waals surface area contributed by atoms with E-state index in [0.717, 1.165) is 6.54 Å². The second-order valence-electron chi connectivity index (χ2n) is 4.21. The van der Waals surface area contributed by atoms with Gasteiger partial charge in [-0.25, -0.2) is 0 Å². The third-order valence-corrected chi connectivity index (χ3v) is 3.14. The van der Waals surface area contributed by atoms with E-state index in [1.54, 1.807) is 20.2 Å². The summed E-state index contributed by atoms with van der Waals surface area (Å²) in [6, 6.07) is 0. The minimum atomic E-state index is -0.855. The molecule has 1 heterocycles. The lowest BCUT2D eigenvalue weighted by atomic mass is 9.92. The van der Waals surface area contributed by atoms with Gasteiger partial charge in [0, 0.05) is 6.54 Å². The number of hydrogen-bond acceptors (Lipinski definition) is 4. The predicted octanol–water partition coefficient (Wildman–Crippen LogP) is 0.226. The molecule has 1 aromatic rings. The summed E-state index contributed by atoms with van der Waals surface area (Å²) >= 11 is 4.85. The van der Waals surface area contributed by atoms with E-state index in [9.17, 15) is 4.79 Å². The predicted molar refractivity (Wildman–Crippen MR) is 68.1 cm³/mol. The molecule has 0 unspecified atom stereocenters. The van der Waals surface area contributed by atoms with Crippen LogP contribution in [0.3, 0.4) is 0 Å². The lowest BCUT2D eigenvalue weighted by Gasteiger charge is -2.21. The highest BCUT2D eigenvalue weighted by atomic mass is 32.1. The summed E-state index contributed by atoms with van der Waals surface area (Å²) in [4.78, 5) is 12.0. The summed E-state index contributed by atoms with van der Waals surface area (Å²) in [5, 5.41) is 10.5. The van der Waals surface area contributed by atoms with E-state index < -0.39 is 5.41 Å². The van der Waals surface area contributed by atoms with Gasteiger partial charge in [-0.15, -0.1) is 10.2 Å². The van der Waals surface area contributed by atoms with Gasteiger partial charge in [0.15, 0.2) is 5.82 Å². The van der Waals surface area contributed by atoms with Crippen LogP contribution in [0.25, 0.3) is 0 Å². The van der Waals surface area contributed by atoms with Gasteiger partial charge < -0.3 is 15.6 Å². The molecule has 0 fully saturated rings. The molecule has 0 radical (unpaired) electrons. The fourth-order valence-corrected chi connectivity index (χ4v) is 1.26. The van der Waals surface area contributed by atoms with Gasteiger partial charge in [0.1, 0.15) is 6.33 Å². The van der Waals surface area contributed by atoms with E-state index in [1.165, 1.54) is 0 Å². The Labute approximate surface area is 106 Å². The molecule has 1 amide bonds. The van der Waals surface area contributed by atoms with Crippen LogP contribution in [0.1, 0.15) is 26.6 Å². The Hall–Kier alpha value is -1.50. The summed E-state index contributed by atoms with van der Waals surface area (Å²) in [6.07, 6.45) is 1.63. The first-order chi connectivity index (χ1) is 7.89. The molecule has 0 saturated carbocycles. The molecule has 17 heavy (non-hydrogen) atoms. The minimum absolute atomic E-state index is 0.173. The van der Waals surface area contributed by atoms with Crippen molar-refractivity contribution < 1.29 is 4.79 Å². The van der Waals surface area contributed by atoms with Crippen molar-refractivity contribution in [3.05, 3.63) is 12.2 Å². The van der Waals surface area contributed by atoms with Gasteiger partial charge in [0.25, 0.3) is 0 Å². The molecule has 0 saturated heterocycles. The number of nitrogens with two attached hydrogens (primary N) is 1. The van der Waals surface area contributed by atoms with Gasteiger partial charge in [0.05, 0.1) is 16.9 Å². The number of amides is 1. The average molecular weight is 255 g/mol. The standard InChI is InChI=1S/C10H17N5OS/c1-4-15-6-13-14-7(15)5-12-9(16)10(2,3)8(11)17/h6H,4-5H2,1-3H3,(H2,11,17)(H,12,16). The van der Waals surface area contributed by atoms with Crippen molar-refractivity contribution in [1.82, 2.24) is 20.1 Å². The van der Waals surface area contributed by atoms with Crippen molar-refractivity contribution in [1.29, 1.82) is 0 Å². The molecule has 0 atom stereocenters. The Morgan fingerprint density at radius 1 is 1.65 bits per heavy atom. The van der Waals surface area contributed by atoms with Crippen LogP contribution >= 0.6 is 12.2 Å². The van der Waals surface area contributed by atoms with E-state index in [2.05, 4.69) is 15.5 Å². The molecule has 0 aliphatic rings. The van der Waals surface area contributed by atoms with E-state index in [4.69, 9.17) is 18.0 Å². The molecular weight excluding hydrogens is 238 g/mol. The van der Waals surface area contributed by atoms with Gasteiger partial charge in [0.2, 0.25) is 5.91 Å². The molecule has 0 aliphatic carbocycles. The van der Waals surface area contributed by atoms with E-state index >= 15 is 0 Å². The third-order valence-electron chi connectivity index (χ3n) is 2.63. The van der Waals surface area contributed by atoms with Gasteiger partial charge in [-0.05, 0) is 20.8 Å². The van der Waals surface area contributed by atoms with Crippen LogP contribution in [-0.2, 0) is 17.9 Å². The average Bonchev–Trinajstić information content (AvgIpc) is 2.72. The number of aryl methyl sites for hydroxylation is 1. The quantitative estimate of drug-likeness (QED) is 0.735. The molecular formula is C10H17N5OS. The van der Waals surface area contributed by atoms with Crippen LogP contribution in [0, 0.1) is 5.41 Å². The van der Waals surface area contributed by atoms with Crippen LogP contribution in [0.15, 0.2) is 6.33 Å². The van der Waals surface area contributed by atoms with Crippen molar-refractivity contribution in [3.63, 3.8) is 0 Å². The number of nitrogens with one attached hydrogen (secondary N) is 1. The smallest absolute Gasteiger partial charge is 0.232 e. The Kier molecular flexibility index (Phi) is 4.17. The SMILES string of the molecule is CCn1cnnc1CNC(=O)C(C)(C)C(N)=S. The number of nitrogens with zero attached hydrogens (tertiary/aromatic N) is 3. The van der Waals surface area contributed by atoms with Crippen LogP contribution in [0.4, 0.5) is 0 Å². The number of aromatic nitrogens is 3. The summed E-state index contributed by atoms with van der Waals surface area (Å²) in [7, 11) is 0. The monoisotopic (exact) mass is 255 g/mol. The fourth-order valence-electron chi connectivity index (χ4n) is 1.17. The first-order valence-electron chi connectivity index (χ1n) is 5.34. The van der Waals surface area contributed by atoms with E-state index in [-0.39, 0.29) is 10.9 Å². The van der Waals surface area contributed by atoms with E-state index in [1.807, 2.05) is 11.5 Å². The Bertz CT molecular complexity index is 426. The lowest BCUT2D eigenvalue weighted by Crippen LogP contribution is -2.44. The van der Waals surface area contributed by atoms with Crippen LogP contribution in [0.2, 0.25) is 0 Å². The minimum Gasteiger partial charge on any atom is -0.392 e. The van der Waals surface area contributed by atoms with Crippen molar-refractivity contribution in [2.24, 2.45) is 11.1 Å². The summed E-state index contributed by atoms with van der Waals surface area (Å²) in [6.45, 7) is 6.44. The highest BCUT2D eigenvalue weighted by molar-refractivity contribution is 7.80. The molecule has 1 rings (SSSR count). The van der Waals surface area contributed by atoms with Gasteiger partial charge >= 0.3 is 0 Å². The van der Waals surface area contributed by atoms with Crippen molar-refractivity contribution in [3.8, 4) is 0 Å². The molecule has 6 nitrogen and oxygen atoms in total. The summed E-state index contributed by atoms with van der Waals surface area (Å²) in [5.74, 6) is 0.496. The molecule has 94 valence electrons. The number of carbonyl (C=O) groups excluding carboxylic acids is 1. The zero-order chi connectivity index (χ0) is 13.1. The first kappa shape index (κ1) is 13.6. The second kappa shape index (κ2) is 5.22. The zero-order valence-corrected chi connectivity index (χ0v) is 11.0. The number of rotatable bonds is 5. The van der Waals surface area contributed by atoms with Crippen molar-refractivity contribution in [2.45, 2.75) is 33.9 Å². The third kappa shape index (κ3) is 3.00. The Morgan fingerprint density at radius 2 is 2.29 bits per heavy atom. The Balaban J connectivity index is 2.63. The van der Waals surface area contributed by atoms with E-state index in [0.29, 0.717) is 12.4 Å². The first-order valence-corrected chi connectivity index (χ1v) is 5.75. The maximum Gasteiger partial charge on any atom is 0.232 e. The second-order valence-corrected chi connectivity index (χ2v) is 4.64. The molecule has 0 bridgehead atoms. The number of thiocarbonyl (C=S) groups is 1. The van der Waals surface area contributed by atoms with Crippen LogP contribution < -0.4 is 11.1 Å². The van der Waals surface area contributed by atoms with Crippen LogP contribution in [0.5, 0.6) is 0 Å². The topological polar surface area (TPSA) is 85.8 Å². The molecule has 0 spiro atoms. The fraction of sp³-hybridized carbons (Fsp3) is 0.600. The number of carbonyl (C=O) groups is 1. The maximum absolute atomic E-state index is 11.9. The zero-order valence-electron chi connectivity index (χ0n) is 10.2. The summed E-state index contributed by atoms with van der Waals surface area (Å²) < 4.78 is 1.86. The van der Waals surface area contributed by atoms with Gasteiger partial charge in [-0.2, -0.15) is 0 Å². The highest BCUT2D eigenvalue weighted by Gasteiger charge is 2.30. The number of hydrogen-bond donors (Lipinski definition) is 2. The van der Waals surface area contributed by atoms with Crippen molar-refractivity contribution >= 4 is 23.1 Å². The molecule has 7 heteroatoms.